The Balaban J connectivity index is 1.44. The van der Waals surface area contributed by atoms with E-state index in [1.807, 2.05) is 18.3 Å². The van der Waals surface area contributed by atoms with Crippen LogP contribution in [0.2, 0.25) is 0 Å². The molecule has 0 bridgehead atoms. The zero-order valence-corrected chi connectivity index (χ0v) is 20.6. The van der Waals surface area contributed by atoms with Gasteiger partial charge in [-0.1, -0.05) is 66.7 Å². The second-order valence-corrected chi connectivity index (χ2v) is 9.73. The molecule has 0 saturated heterocycles. The molecular weight excluding hydrogens is 462 g/mol. The summed E-state index contributed by atoms with van der Waals surface area (Å²) in [6, 6.07) is 45.4. The maximum absolute atomic E-state index is 4.60. The SMILES string of the molecule is c1ccc(-n2ccc3cc4c(ccc5c6ccccc6n(-c6cccc(-c7ccccn7)c6)c45)cc32)cc1. The number of rotatable bonds is 3. The van der Waals surface area contributed by atoms with Gasteiger partial charge >= 0.3 is 0 Å². The third-order valence-electron chi connectivity index (χ3n) is 7.56. The second kappa shape index (κ2) is 8.19. The Morgan fingerprint density at radius 1 is 0.500 bits per heavy atom. The monoisotopic (exact) mass is 485 g/mol. The minimum Gasteiger partial charge on any atom is -0.317 e. The fraction of sp³-hybridized carbons (Fsp3) is 0. The minimum absolute atomic E-state index is 0.976. The summed E-state index contributed by atoms with van der Waals surface area (Å²) in [6.07, 6.45) is 4.02. The molecule has 3 aromatic heterocycles. The highest BCUT2D eigenvalue weighted by molar-refractivity contribution is 6.20. The minimum atomic E-state index is 0.976. The molecule has 0 spiro atoms. The number of hydrogen-bond donors (Lipinski definition) is 0. The van der Waals surface area contributed by atoms with E-state index in [1.165, 1.54) is 49.2 Å². The molecule has 5 aromatic carbocycles. The average molecular weight is 486 g/mol. The molecule has 0 N–H and O–H groups in total. The van der Waals surface area contributed by atoms with Crippen molar-refractivity contribution >= 4 is 43.5 Å². The lowest BCUT2D eigenvalue weighted by molar-refractivity contribution is 1.13. The first-order chi connectivity index (χ1) is 18.8. The van der Waals surface area contributed by atoms with Gasteiger partial charge in [0.1, 0.15) is 0 Å². The lowest BCUT2D eigenvalue weighted by Crippen LogP contribution is -1.96. The topological polar surface area (TPSA) is 22.8 Å². The summed E-state index contributed by atoms with van der Waals surface area (Å²) < 4.78 is 4.68. The Morgan fingerprint density at radius 2 is 1.34 bits per heavy atom. The maximum atomic E-state index is 4.60. The van der Waals surface area contributed by atoms with Crippen molar-refractivity contribution in [2.24, 2.45) is 0 Å². The number of para-hydroxylation sites is 2. The van der Waals surface area contributed by atoms with Crippen molar-refractivity contribution in [2.75, 3.05) is 0 Å². The normalized spacial score (nSPS) is 11.7. The smallest absolute Gasteiger partial charge is 0.0702 e. The first kappa shape index (κ1) is 21.0. The molecule has 3 heterocycles. The fourth-order valence-electron chi connectivity index (χ4n) is 5.83. The Morgan fingerprint density at radius 3 is 2.24 bits per heavy atom. The van der Waals surface area contributed by atoms with E-state index in [-0.39, 0.29) is 0 Å². The van der Waals surface area contributed by atoms with Crippen LogP contribution in [0.5, 0.6) is 0 Å². The Labute approximate surface area is 219 Å². The summed E-state index contributed by atoms with van der Waals surface area (Å²) >= 11 is 0. The van der Waals surface area contributed by atoms with E-state index in [9.17, 15) is 0 Å². The third kappa shape index (κ3) is 3.12. The van der Waals surface area contributed by atoms with Crippen LogP contribution >= 0.6 is 0 Å². The molecule has 0 unspecified atom stereocenters. The van der Waals surface area contributed by atoms with Crippen LogP contribution in [-0.2, 0) is 0 Å². The molecular formula is C35H23N3. The number of hydrogen-bond acceptors (Lipinski definition) is 1. The van der Waals surface area contributed by atoms with Gasteiger partial charge in [-0.2, -0.15) is 0 Å². The van der Waals surface area contributed by atoms with Gasteiger partial charge in [0.05, 0.1) is 22.2 Å². The zero-order chi connectivity index (χ0) is 25.1. The van der Waals surface area contributed by atoms with E-state index < -0.39 is 0 Å². The Kier molecular flexibility index (Phi) is 4.52. The number of benzene rings is 5. The predicted molar refractivity (Wildman–Crippen MR) is 158 cm³/mol. The highest BCUT2D eigenvalue weighted by Gasteiger charge is 2.16. The van der Waals surface area contributed by atoms with Gasteiger partial charge < -0.3 is 9.13 Å². The molecule has 0 atom stereocenters. The van der Waals surface area contributed by atoms with Crippen molar-refractivity contribution in [3.05, 3.63) is 140 Å². The maximum Gasteiger partial charge on any atom is 0.0702 e. The molecule has 178 valence electrons. The molecule has 3 heteroatoms. The van der Waals surface area contributed by atoms with Crippen LogP contribution in [0.15, 0.2) is 140 Å². The van der Waals surface area contributed by atoms with E-state index in [4.69, 9.17) is 0 Å². The van der Waals surface area contributed by atoms with Gasteiger partial charge in [-0.05, 0) is 66.0 Å². The van der Waals surface area contributed by atoms with E-state index in [1.54, 1.807) is 0 Å². The number of nitrogens with zero attached hydrogens (tertiary/aromatic N) is 3. The van der Waals surface area contributed by atoms with Gasteiger partial charge in [-0.3, -0.25) is 4.98 Å². The van der Waals surface area contributed by atoms with Crippen molar-refractivity contribution < 1.29 is 0 Å². The molecule has 8 aromatic rings. The van der Waals surface area contributed by atoms with Crippen LogP contribution in [0.4, 0.5) is 0 Å². The van der Waals surface area contributed by atoms with Crippen LogP contribution in [0.3, 0.4) is 0 Å². The molecule has 0 aliphatic carbocycles. The van der Waals surface area contributed by atoms with Gasteiger partial charge in [-0.15, -0.1) is 0 Å². The molecule has 38 heavy (non-hydrogen) atoms. The standard InChI is InChI=1S/C35H23N3/c1-2-10-27(11-3-1)37-20-18-26-22-31-24(23-34(26)37)16-17-30-29-13-4-5-15-33(29)38(35(30)31)28-12-8-9-25(21-28)32-14-6-7-19-36-32/h1-23H. The van der Waals surface area contributed by atoms with Gasteiger partial charge in [0.2, 0.25) is 0 Å². The summed E-state index contributed by atoms with van der Waals surface area (Å²) in [5.41, 5.74) is 8.03. The molecule has 8 rings (SSSR count). The fourth-order valence-corrected chi connectivity index (χ4v) is 5.83. The summed E-state index contributed by atoms with van der Waals surface area (Å²) in [4.78, 5) is 4.60. The van der Waals surface area contributed by atoms with Crippen molar-refractivity contribution in [1.82, 2.24) is 14.1 Å². The van der Waals surface area contributed by atoms with E-state index in [0.29, 0.717) is 0 Å². The van der Waals surface area contributed by atoms with Crippen LogP contribution in [0.25, 0.3) is 66.1 Å². The largest absolute Gasteiger partial charge is 0.317 e. The molecule has 0 radical (unpaired) electrons. The highest BCUT2D eigenvalue weighted by Crippen LogP contribution is 2.38. The van der Waals surface area contributed by atoms with Crippen LogP contribution in [-0.4, -0.2) is 14.1 Å². The van der Waals surface area contributed by atoms with E-state index in [2.05, 4.69) is 136 Å². The molecule has 0 aliphatic rings. The van der Waals surface area contributed by atoms with Gasteiger partial charge in [0, 0.05) is 50.9 Å². The summed E-state index contributed by atoms with van der Waals surface area (Å²) in [7, 11) is 0. The number of fused-ring (bicyclic) bond motifs is 6. The van der Waals surface area contributed by atoms with Gasteiger partial charge in [-0.25, -0.2) is 0 Å². The Bertz CT molecular complexity index is 2120. The van der Waals surface area contributed by atoms with Crippen molar-refractivity contribution in [3.63, 3.8) is 0 Å². The summed E-state index contributed by atoms with van der Waals surface area (Å²) in [5, 5.41) is 6.23. The van der Waals surface area contributed by atoms with Crippen LogP contribution < -0.4 is 0 Å². The number of aromatic nitrogens is 3. The third-order valence-corrected chi connectivity index (χ3v) is 7.56. The molecule has 0 aliphatic heterocycles. The first-order valence-corrected chi connectivity index (χ1v) is 12.9. The molecule has 0 fully saturated rings. The van der Waals surface area contributed by atoms with Crippen molar-refractivity contribution in [1.29, 1.82) is 0 Å². The van der Waals surface area contributed by atoms with Gasteiger partial charge in [0.15, 0.2) is 0 Å². The molecule has 0 amide bonds. The van der Waals surface area contributed by atoms with Crippen LogP contribution in [0.1, 0.15) is 0 Å². The van der Waals surface area contributed by atoms with E-state index in [0.717, 1.165) is 16.9 Å². The Hall–Kier alpha value is -5.15. The quantitative estimate of drug-likeness (QED) is 0.245. The van der Waals surface area contributed by atoms with E-state index >= 15 is 0 Å². The molecule has 0 saturated carbocycles. The first-order valence-electron chi connectivity index (χ1n) is 12.9. The lowest BCUT2D eigenvalue weighted by Gasteiger charge is -2.12. The second-order valence-electron chi connectivity index (χ2n) is 9.73. The zero-order valence-electron chi connectivity index (χ0n) is 20.6. The summed E-state index contributed by atoms with van der Waals surface area (Å²) in [6.45, 7) is 0. The van der Waals surface area contributed by atoms with Crippen molar-refractivity contribution in [3.8, 4) is 22.6 Å². The van der Waals surface area contributed by atoms with Crippen molar-refractivity contribution in [2.45, 2.75) is 0 Å². The highest BCUT2D eigenvalue weighted by atomic mass is 15.0. The number of pyridine rings is 1. The predicted octanol–water partition coefficient (Wildman–Crippen LogP) is 8.94. The summed E-state index contributed by atoms with van der Waals surface area (Å²) in [5.74, 6) is 0. The molecule has 3 nitrogen and oxygen atoms in total. The lowest BCUT2D eigenvalue weighted by atomic mass is 10.0. The van der Waals surface area contributed by atoms with Gasteiger partial charge in [0.25, 0.3) is 0 Å². The van der Waals surface area contributed by atoms with Crippen LogP contribution in [0, 0.1) is 0 Å². The average Bonchev–Trinajstić information content (AvgIpc) is 3.56.